The molecule has 2 nitrogen and oxygen atoms in total. The van der Waals surface area contributed by atoms with E-state index in [2.05, 4.69) is 36.0 Å². The number of rotatable bonds is 3. The first kappa shape index (κ1) is 13.7. The lowest BCUT2D eigenvalue weighted by atomic mass is 9.86. The van der Waals surface area contributed by atoms with Crippen molar-refractivity contribution in [3.8, 4) is 0 Å². The second-order valence-electron chi connectivity index (χ2n) is 5.65. The van der Waals surface area contributed by atoms with Gasteiger partial charge in [-0.1, -0.05) is 19.8 Å². The quantitative estimate of drug-likeness (QED) is 0.765. The third kappa shape index (κ3) is 3.17. The molecule has 1 heterocycles. The Balaban J connectivity index is 2.16. The average Bonchev–Trinajstić information content (AvgIpc) is 2.37. The second kappa shape index (κ2) is 5.92. The van der Waals surface area contributed by atoms with E-state index in [0.717, 1.165) is 23.0 Å². The molecule has 18 heavy (non-hydrogen) atoms. The maximum absolute atomic E-state index is 5.94. The van der Waals surface area contributed by atoms with Crippen LogP contribution >= 0.6 is 11.6 Å². The highest BCUT2D eigenvalue weighted by atomic mass is 35.5. The van der Waals surface area contributed by atoms with Gasteiger partial charge >= 0.3 is 0 Å². The van der Waals surface area contributed by atoms with Crippen LogP contribution in [0.3, 0.4) is 0 Å². The van der Waals surface area contributed by atoms with Gasteiger partial charge in [0.25, 0.3) is 0 Å². The van der Waals surface area contributed by atoms with E-state index in [1.165, 1.54) is 25.7 Å². The van der Waals surface area contributed by atoms with E-state index in [9.17, 15) is 0 Å². The van der Waals surface area contributed by atoms with Crippen molar-refractivity contribution in [2.45, 2.75) is 51.5 Å². The summed E-state index contributed by atoms with van der Waals surface area (Å²) in [7, 11) is 2.17. The molecular weight excluding hydrogens is 244 g/mol. The van der Waals surface area contributed by atoms with Crippen molar-refractivity contribution >= 4 is 17.4 Å². The summed E-state index contributed by atoms with van der Waals surface area (Å²) in [4.78, 5) is 7.00. The van der Waals surface area contributed by atoms with E-state index in [1.54, 1.807) is 0 Å². The van der Waals surface area contributed by atoms with Crippen molar-refractivity contribution in [2.75, 3.05) is 11.9 Å². The minimum Gasteiger partial charge on any atom is -0.357 e. The van der Waals surface area contributed by atoms with Crippen LogP contribution in [0.25, 0.3) is 0 Å². The SMILES string of the molecule is Cc1cc(CCl)cc(N(C)C2CCCC(C)C2)n1. The van der Waals surface area contributed by atoms with Gasteiger partial charge in [0.2, 0.25) is 0 Å². The van der Waals surface area contributed by atoms with Gasteiger partial charge < -0.3 is 4.90 Å². The minimum atomic E-state index is 0.561. The first-order valence-electron chi connectivity index (χ1n) is 6.86. The van der Waals surface area contributed by atoms with Crippen molar-refractivity contribution in [2.24, 2.45) is 5.92 Å². The third-order valence-corrected chi connectivity index (χ3v) is 4.28. The van der Waals surface area contributed by atoms with E-state index >= 15 is 0 Å². The Morgan fingerprint density at radius 3 is 2.83 bits per heavy atom. The van der Waals surface area contributed by atoms with Gasteiger partial charge in [0, 0.05) is 24.7 Å². The molecule has 1 fully saturated rings. The number of hydrogen-bond donors (Lipinski definition) is 0. The molecule has 0 aliphatic heterocycles. The summed E-state index contributed by atoms with van der Waals surface area (Å²) in [5.74, 6) is 2.47. The number of alkyl halides is 1. The summed E-state index contributed by atoms with van der Waals surface area (Å²) in [6, 6.07) is 4.82. The van der Waals surface area contributed by atoms with Gasteiger partial charge in [-0.15, -0.1) is 11.6 Å². The molecule has 0 bridgehead atoms. The number of aromatic nitrogens is 1. The lowest BCUT2D eigenvalue weighted by Gasteiger charge is -2.35. The van der Waals surface area contributed by atoms with E-state index in [1.807, 2.05) is 6.92 Å². The topological polar surface area (TPSA) is 16.1 Å². The molecule has 1 saturated carbocycles. The van der Waals surface area contributed by atoms with Gasteiger partial charge in [-0.3, -0.25) is 0 Å². The number of aryl methyl sites for hydroxylation is 1. The molecule has 0 radical (unpaired) electrons. The van der Waals surface area contributed by atoms with Crippen molar-refractivity contribution < 1.29 is 0 Å². The van der Waals surface area contributed by atoms with Crippen molar-refractivity contribution in [1.82, 2.24) is 4.98 Å². The van der Waals surface area contributed by atoms with E-state index in [0.29, 0.717) is 11.9 Å². The fraction of sp³-hybridized carbons (Fsp3) is 0.667. The fourth-order valence-corrected chi connectivity index (χ4v) is 3.07. The maximum Gasteiger partial charge on any atom is 0.129 e. The first-order chi connectivity index (χ1) is 8.60. The van der Waals surface area contributed by atoms with Crippen LogP contribution in [0.15, 0.2) is 12.1 Å². The number of anilines is 1. The van der Waals surface area contributed by atoms with Crippen LogP contribution in [0, 0.1) is 12.8 Å². The molecule has 0 aromatic carbocycles. The lowest BCUT2D eigenvalue weighted by molar-refractivity contribution is 0.335. The summed E-state index contributed by atoms with van der Waals surface area (Å²) in [6.45, 7) is 4.39. The Morgan fingerprint density at radius 2 is 2.17 bits per heavy atom. The predicted molar refractivity (Wildman–Crippen MR) is 78.4 cm³/mol. The lowest BCUT2D eigenvalue weighted by Crippen LogP contribution is -2.36. The molecule has 3 heteroatoms. The molecule has 0 amide bonds. The first-order valence-corrected chi connectivity index (χ1v) is 7.40. The number of pyridine rings is 1. The minimum absolute atomic E-state index is 0.561. The van der Waals surface area contributed by atoms with Crippen LogP contribution in [0.1, 0.15) is 43.9 Å². The molecule has 2 atom stereocenters. The van der Waals surface area contributed by atoms with Crippen LogP contribution in [-0.2, 0) is 5.88 Å². The molecule has 2 unspecified atom stereocenters. The smallest absolute Gasteiger partial charge is 0.129 e. The van der Waals surface area contributed by atoms with Crippen LogP contribution < -0.4 is 4.90 Å². The standard InChI is InChI=1S/C15H23ClN2/c1-11-5-4-6-14(7-11)18(3)15-9-13(10-16)8-12(2)17-15/h8-9,11,14H,4-7,10H2,1-3H3. The largest absolute Gasteiger partial charge is 0.357 e. The van der Waals surface area contributed by atoms with Crippen molar-refractivity contribution in [3.05, 3.63) is 23.4 Å². The molecular formula is C15H23ClN2. The summed E-state index contributed by atoms with van der Waals surface area (Å²) in [5.41, 5.74) is 2.22. The van der Waals surface area contributed by atoms with E-state index in [-0.39, 0.29) is 0 Å². The van der Waals surface area contributed by atoms with Gasteiger partial charge in [0.15, 0.2) is 0 Å². The predicted octanol–water partition coefficient (Wildman–Crippen LogP) is 4.14. The number of nitrogens with zero attached hydrogens (tertiary/aromatic N) is 2. The zero-order valence-electron chi connectivity index (χ0n) is 11.6. The monoisotopic (exact) mass is 266 g/mol. The van der Waals surface area contributed by atoms with Crippen LogP contribution in [-0.4, -0.2) is 18.1 Å². The van der Waals surface area contributed by atoms with Crippen molar-refractivity contribution in [3.63, 3.8) is 0 Å². The molecule has 2 rings (SSSR count). The molecule has 0 saturated heterocycles. The summed E-state index contributed by atoms with van der Waals surface area (Å²) in [6.07, 6.45) is 5.28. The highest BCUT2D eigenvalue weighted by Crippen LogP contribution is 2.29. The van der Waals surface area contributed by atoms with Gasteiger partial charge in [-0.05, 0) is 43.4 Å². The Labute approximate surface area is 115 Å². The number of hydrogen-bond acceptors (Lipinski definition) is 2. The van der Waals surface area contributed by atoms with Gasteiger partial charge in [-0.2, -0.15) is 0 Å². The summed E-state index contributed by atoms with van der Waals surface area (Å²) in [5, 5.41) is 0. The van der Waals surface area contributed by atoms with E-state index < -0.39 is 0 Å². The second-order valence-corrected chi connectivity index (χ2v) is 5.91. The number of halogens is 1. The molecule has 1 aliphatic carbocycles. The van der Waals surface area contributed by atoms with Gasteiger partial charge in [0.05, 0.1) is 0 Å². The zero-order valence-corrected chi connectivity index (χ0v) is 12.4. The van der Waals surface area contributed by atoms with Crippen LogP contribution in [0.5, 0.6) is 0 Å². The highest BCUT2D eigenvalue weighted by molar-refractivity contribution is 6.17. The maximum atomic E-state index is 5.94. The summed E-state index contributed by atoms with van der Waals surface area (Å²) < 4.78 is 0. The zero-order chi connectivity index (χ0) is 13.1. The third-order valence-electron chi connectivity index (χ3n) is 3.97. The van der Waals surface area contributed by atoms with Crippen LogP contribution in [0.2, 0.25) is 0 Å². The van der Waals surface area contributed by atoms with Crippen LogP contribution in [0.4, 0.5) is 5.82 Å². The molecule has 0 spiro atoms. The Morgan fingerprint density at radius 1 is 1.39 bits per heavy atom. The van der Waals surface area contributed by atoms with Crippen molar-refractivity contribution in [1.29, 1.82) is 0 Å². The normalized spacial score (nSPS) is 24.0. The Bertz CT molecular complexity index is 405. The molecule has 1 aliphatic rings. The molecule has 1 aromatic heterocycles. The summed E-state index contributed by atoms with van der Waals surface area (Å²) >= 11 is 5.94. The van der Waals surface area contributed by atoms with Gasteiger partial charge in [0.1, 0.15) is 5.82 Å². The Kier molecular flexibility index (Phi) is 4.50. The van der Waals surface area contributed by atoms with Gasteiger partial charge in [-0.25, -0.2) is 4.98 Å². The fourth-order valence-electron chi connectivity index (χ4n) is 2.92. The Hall–Kier alpha value is -0.760. The van der Waals surface area contributed by atoms with E-state index in [4.69, 9.17) is 11.6 Å². The molecule has 0 N–H and O–H groups in total. The molecule has 1 aromatic rings. The average molecular weight is 267 g/mol. The highest BCUT2D eigenvalue weighted by Gasteiger charge is 2.23. The molecule has 100 valence electrons.